The second kappa shape index (κ2) is 6.81. The Morgan fingerprint density at radius 1 is 1.12 bits per heavy atom. The average Bonchev–Trinajstić information content (AvgIpc) is 2.94. The predicted octanol–water partition coefficient (Wildman–Crippen LogP) is 1.08. The van der Waals surface area contributed by atoms with Crippen LogP contribution in [0.15, 0.2) is 59.7 Å². The summed E-state index contributed by atoms with van der Waals surface area (Å²) in [6.45, 7) is 0. The molecule has 10 nitrogen and oxygen atoms in total. The van der Waals surface area contributed by atoms with Gasteiger partial charge in [-0.1, -0.05) is 18.2 Å². The Hall–Kier alpha value is -4.08. The van der Waals surface area contributed by atoms with Crippen molar-refractivity contribution in [2.75, 3.05) is 16.9 Å². The van der Waals surface area contributed by atoms with Gasteiger partial charge in [0.05, 0.1) is 5.71 Å². The lowest BCUT2D eigenvalue weighted by Gasteiger charge is -2.08. The molecule has 10 heteroatoms. The molecular weight excluding hydrogens is 338 g/mol. The lowest BCUT2D eigenvalue weighted by atomic mass is 10.1. The zero-order chi connectivity index (χ0) is 18.7. The molecule has 5 N–H and O–H groups in total. The van der Waals surface area contributed by atoms with Crippen LogP contribution in [0, 0.1) is 10.4 Å². The van der Waals surface area contributed by atoms with Gasteiger partial charge in [0.15, 0.2) is 11.6 Å². The van der Waals surface area contributed by atoms with E-state index < -0.39 is 10.8 Å². The summed E-state index contributed by atoms with van der Waals surface area (Å²) in [4.78, 5) is 11.9. The lowest BCUT2D eigenvalue weighted by molar-refractivity contribution is -0.377. The first-order valence-electron chi connectivity index (χ1n) is 7.42. The molecule has 0 radical (unpaired) electrons. The number of aromatic nitrogens is 2. The fourth-order valence-electron chi connectivity index (χ4n) is 2.19. The minimum Gasteiger partial charge on any atom is -0.612 e. The van der Waals surface area contributed by atoms with E-state index in [4.69, 9.17) is 11.5 Å². The standard InChI is InChI=1S/C16H14N7O3/c17-14-13(20-19-11-6-8-12(9-7-11)23(25)26)15(18)22(21-14)16(24)10-4-2-1-3-5-10/h1-9,20H,(H4-,17,18,19,21,25,26)/q-1. The van der Waals surface area contributed by atoms with Crippen LogP contribution in [-0.2, 0) is 0 Å². The summed E-state index contributed by atoms with van der Waals surface area (Å²) < 4.78 is 0.984. The molecule has 0 bridgehead atoms. The monoisotopic (exact) mass is 352 g/mol. The summed E-state index contributed by atoms with van der Waals surface area (Å²) >= 11 is 0. The number of nitrogens with two attached hydrogens (primary N) is 2. The summed E-state index contributed by atoms with van der Waals surface area (Å²) in [6.07, 6.45) is 5.54. The van der Waals surface area contributed by atoms with Gasteiger partial charge < -0.3 is 21.9 Å². The van der Waals surface area contributed by atoms with Gasteiger partial charge >= 0.3 is 0 Å². The molecule has 26 heavy (non-hydrogen) atoms. The van der Waals surface area contributed by atoms with Crippen LogP contribution in [0.1, 0.15) is 10.4 Å². The molecule has 0 spiro atoms. The number of hydrazone groups is 1. The molecule has 0 saturated heterocycles. The van der Waals surface area contributed by atoms with Crippen molar-refractivity contribution >= 4 is 34.7 Å². The van der Waals surface area contributed by atoms with Gasteiger partial charge in [-0.2, -0.15) is 14.7 Å². The highest BCUT2D eigenvalue weighted by Gasteiger charge is 2.19. The number of allylic oxidation sites excluding steroid dienone is 4. The molecule has 1 aromatic heterocycles. The molecule has 0 fully saturated rings. The minimum atomic E-state index is -0.508. The average molecular weight is 352 g/mol. The SMILES string of the molecule is Nc1nn(C(=O)c2ccccc2)c(N)c1NN=C1C=CC(=[N+]([O-])[O-])C=C1. The molecule has 3 rings (SSSR count). The minimum absolute atomic E-state index is 0.00187. The summed E-state index contributed by atoms with van der Waals surface area (Å²) in [5.74, 6) is -0.433. The van der Waals surface area contributed by atoms with E-state index >= 15 is 0 Å². The van der Waals surface area contributed by atoms with Crippen LogP contribution in [0.2, 0.25) is 0 Å². The van der Waals surface area contributed by atoms with E-state index in [9.17, 15) is 15.2 Å². The van der Waals surface area contributed by atoms with Gasteiger partial charge in [-0.3, -0.25) is 10.2 Å². The maximum atomic E-state index is 12.5. The number of carbonyl (C=O) groups is 1. The first-order valence-corrected chi connectivity index (χ1v) is 7.42. The number of nitrogen functional groups attached to an aromatic ring is 2. The highest BCUT2D eigenvalue weighted by atomic mass is 16.8. The third-order valence-electron chi connectivity index (χ3n) is 3.52. The van der Waals surface area contributed by atoms with E-state index in [1.165, 1.54) is 24.3 Å². The van der Waals surface area contributed by atoms with Gasteiger partial charge in [-0.25, -0.2) is 0 Å². The number of anilines is 3. The first-order chi connectivity index (χ1) is 12.5. The van der Waals surface area contributed by atoms with Crippen LogP contribution in [0.25, 0.3) is 0 Å². The zero-order valence-electron chi connectivity index (χ0n) is 13.4. The zero-order valence-corrected chi connectivity index (χ0v) is 13.4. The Labute approximate surface area is 147 Å². The van der Waals surface area contributed by atoms with Crippen molar-refractivity contribution in [2.24, 2.45) is 5.10 Å². The Bertz CT molecular complexity index is 949. The lowest BCUT2D eigenvalue weighted by Crippen LogP contribution is -2.16. The number of hydrogen-bond acceptors (Lipinski definition) is 8. The molecule has 0 aliphatic heterocycles. The number of nitrogens with zero attached hydrogens (tertiary/aromatic N) is 4. The highest BCUT2D eigenvalue weighted by molar-refractivity contribution is 6.17. The largest absolute Gasteiger partial charge is 0.612 e. The Balaban J connectivity index is 1.83. The van der Waals surface area contributed by atoms with E-state index in [-0.39, 0.29) is 23.0 Å². The molecule has 0 amide bonds. The second-order valence-electron chi connectivity index (χ2n) is 5.23. The Morgan fingerprint density at radius 3 is 2.38 bits per heavy atom. The van der Waals surface area contributed by atoms with Crippen LogP contribution < -0.4 is 16.9 Å². The van der Waals surface area contributed by atoms with Crippen molar-refractivity contribution in [2.45, 2.75) is 0 Å². The number of rotatable bonds is 3. The predicted molar refractivity (Wildman–Crippen MR) is 98.6 cm³/mol. The van der Waals surface area contributed by atoms with Crippen LogP contribution in [0.5, 0.6) is 0 Å². The van der Waals surface area contributed by atoms with Crippen LogP contribution in [0.3, 0.4) is 0 Å². The maximum Gasteiger partial charge on any atom is 0.280 e. The molecule has 1 heterocycles. The molecule has 0 saturated carbocycles. The number of carbonyl (C=O) groups excluding carboxylic acids is 1. The van der Waals surface area contributed by atoms with Crippen LogP contribution >= 0.6 is 0 Å². The third kappa shape index (κ3) is 3.24. The molecule has 0 unspecified atom stereocenters. The van der Waals surface area contributed by atoms with Crippen molar-refractivity contribution in [3.8, 4) is 0 Å². The fourth-order valence-corrected chi connectivity index (χ4v) is 2.19. The van der Waals surface area contributed by atoms with Gasteiger partial charge in [0.25, 0.3) is 5.91 Å². The Kier molecular flexibility index (Phi) is 4.39. The Morgan fingerprint density at radius 2 is 1.77 bits per heavy atom. The number of hydrogen-bond donors (Lipinski definition) is 3. The molecule has 0 atom stereocenters. The van der Waals surface area contributed by atoms with Crippen molar-refractivity contribution < 1.29 is 9.70 Å². The van der Waals surface area contributed by atoms with Crippen molar-refractivity contribution in [1.82, 2.24) is 9.78 Å². The van der Waals surface area contributed by atoms with E-state index in [1.54, 1.807) is 30.3 Å². The third-order valence-corrected chi connectivity index (χ3v) is 3.52. The van der Waals surface area contributed by atoms with Crippen LogP contribution in [-0.4, -0.2) is 32.0 Å². The second-order valence-corrected chi connectivity index (χ2v) is 5.23. The molecule has 1 aliphatic rings. The van der Waals surface area contributed by atoms with Gasteiger partial charge in [0.1, 0.15) is 5.69 Å². The quantitative estimate of drug-likeness (QED) is 0.423. The summed E-state index contributed by atoms with van der Waals surface area (Å²) in [7, 11) is 0. The smallest absolute Gasteiger partial charge is 0.280 e. The van der Waals surface area contributed by atoms with Gasteiger partial charge in [0.2, 0.25) is 5.71 Å². The van der Waals surface area contributed by atoms with E-state index in [0.717, 1.165) is 4.68 Å². The summed E-state index contributed by atoms with van der Waals surface area (Å²) in [6, 6.07) is 8.49. The van der Waals surface area contributed by atoms with Gasteiger partial charge in [-0.15, -0.1) is 5.10 Å². The molecule has 132 valence electrons. The first kappa shape index (κ1) is 16.8. The maximum absolute atomic E-state index is 12.5. The topological polar surface area (TPSA) is 160 Å². The van der Waals surface area contributed by atoms with E-state index in [1.807, 2.05) is 0 Å². The van der Waals surface area contributed by atoms with Crippen molar-refractivity contribution in [1.29, 1.82) is 0 Å². The van der Waals surface area contributed by atoms with Gasteiger partial charge in [0, 0.05) is 17.7 Å². The highest BCUT2D eigenvalue weighted by Crippen LogP contribution is 2.26. The van der Waals surface area contributed by atoms with E-state index in [0.29, 0.717) is 11.3 Å². The molecule has 1 aliphatic carbocycles. The normalized spacial score (nSPS) is 12.9. The molecular formula is C16H14N7O3-. The van der Waals surface area contributed by atoms with Crippen LogP contribution in [0.4, 0.5) is 17.3 Å². The van der Waals surface area contributed by atoms with Crippen molar-refractivity contribution in [3.63, 3.8) is 0 Å². The summed E-state index contributed by atoms with van der Waals surface area (Å²) in [5.41, 5.74) is 15.3. The van der Waals surface area contributed by atoms with E-state index in [2.05, 4.69) is 15.6 Å². The molecule has 1 aromatic carbocycles. The fraction of sp³-hybridized carbons (Fsp3) is 0. The number of benzene rings is 1. The molecule has 2 aromatic rings. The summed E-state index contributed by atoms with van der Waals surface area (Å²) in [5, 5.41) is 29.3. The van der Waals surface area contributed by atoms with Gasteiger partial charge in [-0.05, 0) is 24.3 Å². The number of nitrogens with one attached hydrogen (secondary N) is 1. The van der Waals surface area contributed by atoms with Crippen molar-refractivity contribution in [3.05, 3.63) is 70.6 Å².